The maximum absolute atomic E-state index is 12.0. The first-order valence-electron chi connectivity index (χ1n) is 7.20. The topological polar surface area (TPSA) is 63.7 Å². The van der Waals surface area contributed by atoms with Crippen molar-refractivity contribution in [3.63, 3.8) is 0 Å². The molecule has 6 nitrogen and oxygen atoms in total. The van der Waals surface area contributed by atoms with E-state index in [4.69, 9.17) is 9.47 Å². The Balaban J connectivity index is 1.92. The van der Waals surface area contributed by atoms with Crippen molar-refractivity contribution in [3.8, 4) is 11.5 Å². The van der Waals surface area contributed by atoms with Crippen LogP contribution >= 0.6 is 0 Å². The zero-order valence-electron chi connectivity index (χ0n) is 13.8. The number of carbonyl (C=O) groups excluding carboxylic acids is 1. The number of nitrogens with one attached hydrogen (secondary N) is 1. The third kappa shape index (κ3) is 4.60. The largest absolute Gasteiger partial charge is 0.493 e. The van der Waals surface area contributed by atoms with E-state index in [-0.39, 0.29) is 12.5 Å². The molecule has 2 rings (SSSR count). The molecule has 1 aromatic heterocycles. The molecule has 0 fully saturated rings. The van der Waals surface area contributed by atoms with E-state index in [1.807, 2.05) is 44.1 Å². The van der Waals surface area contributed by atoms with Crippen molar-refractivity contribution >= 4 is 17.4 Å². The quantitative estimate of drug-likeness (QED) is 0.887. The van der Waals surface area contributed by atoms with Crippen molar-refractivity contribution in [1.82, 2.24) is 4.98 Å². The minimum atomic E-state index is -0.257. The monoisotopic (exact) mass is 315 g/mol. The van der Waals surface area contributed by atoms with Gasteiger partial charge in [0, 0.05) is 14.1 Å². The van der Waals surface area contributed by atoms with E-state index in [0.717, 1.165) is 11.4 Å². The number of carbonyl (C=O) groups is 1. The highest BCUT2D eigenvalue weighted by molar-refractivity contribution is 5.91. The zero-order valence-corrected chi connectivity index (χ0v) is 13.8. The van der Waals surface area contributed by atoms with Crippen LogP contribution in [0, 0.1) is 6.92 Å². The zero-order chi connectivity index (χ0) is 16.8. The van der Waals surface area contributed by atoms with E-state index in [9.17, 15) is 4.79 Å². The molecule has 0 unspecified atom stereocenters. The van der Waals surface area contributed by atoms with Crippen LogP contribution in [0.5, 0.6) is 11.5 Å². The first kappa shape index (κ1) is 16.6. The van der Waals surface area contributed by atoms with Crippen LogP contribution in [0.1, 0.15) is 5.56 Å². The lowest BCUT2D eigenvalue weighted by molar-refractivity contribution is -0.118. The van der Waals surface area contributed by atoms with Gasteiger partial charge in [-0.15, -0.1) is 0 Å². The molecule has 1 amide bonds. The molecule has 6 heteroatoms. The summed E-state index contributed by atoms with van der Waals surface area (Å²) in [5.41, 5.74) is 1.69. The summed E-state index contributed by atoms with van der Waals surface area (Å²) >= 11 is 0. The molecule has 0 saturated carbocycles. The molecule has 0 saturated heterocycles. The lowest BCUT2D eigenvalue weighted by Crippen LogP contribution is -2.20. The van der Waals surface area contributed by atoms with Gasteiger partial charge in [-0.05, 0) is 36.8 Å². The first-order chi connectivity index (χ1) is 11.0. The summed E-state index contributed by atoms with van der Waals surface area (Å²) in [6.07, 6.45) is 1.61. The van der Waals surface area contributed by atoms with Gasteiger partial charge in [-0.2, -0.15) is 0 Å². The molecule has 122 valence electrons. The minimum absolute atomic E-state index is 0.102. The Hall–Kier alpha value is -2.76. The molecule has 23 heavy (non-hydrogen) atoms. The highest BCUT2D eigenvalue weighted by Gasteiger charge is 2.08. The average Bonchev–Trinajstić information content (AvgIpc) is 2.54. The second kappa shape index (κ2) is 7.49. The van der Waals surface area contributed by atoms with Crippen LogP contribution in [0.25, 0.3) is 0 Å². The van der Waals surface area contributed by atoms with Gasteiger partial charge in [0.15, 0.2) is 18.1 Å². The molecule has 1 aromatic carbocycles. The summed E-state index contributed by atoms with van der Waals surface area (Å²) in [4.78, 5) is 18.1. The summed E-state index contributed by atoms with van der Waals surface area (Å²) in [5, 5.41) is 2.74. The van der Waals surface area contributed by atoms with Crippen molar-refractivity contribution in [2.24, 2.45) is 0 Å². The molecule has 0 atom stereocenters. The van der Waals surface area contributed by atoms with Gasteiger partial charge in [0.2, 0.25) is 0 Å². The van der Waals surface area contributed by atoms with Crippen LogP contribution in [-0.4, -0.2) is 38.7 Å². The lowest BCUT2D eigenvalue weighted by atomic mass is 10.2. The van der Waals surface area contributed by atoms with Crippen LogP contribution in [0.3, 0.4) is 0 Å². The molecular formula is C17H21N3O3. The predicted octanol–water partition coefficient (Wildman–Crippen LogP) is 2.48. The minimum Gasteiger partial charge on any atom is -0.493 e. The Morgan fingerprint density at radius 3 is 2.61 bits per heavy atom. The van der Waals surface area contributed by atoms with Crippen LogP contribution in [0.15, 0.2) is 36.5 Å². The third-order valence-electron chi connectivity index (χ3n) is 3.17. The second-order valence-corrected chi connectivity index (χ2v) is 5.29. The molecule has 0 aliphatic rings. The Kier molecular flexibility index (Phi) is 5.41. The van der Waals surface area contributed by atoms with Crippen molar-refractivity contribution < 1.29 is 14.3 Å². The number of nitrogens with zero attached hydrogens (tertiary/aromatic N) is 2. The molecule has 2 aromatic rings. The summed E-state index contributed by atoms with van der Waals surface area (Å²) in [7, 11) is 5.38. The summed E-state index contributed by atoms with van der Waals surface area (Å²) in [6.45, 7) is 1.86. The van der Waals surface area contributed by atoms with Crippen LogP contribution in [-0.2, 0) is 4.79 Å². The highest BCUT2D eigenvalue weighted by Crippen LogP contribution is 2.27. The van der Waals surface area contributed by atoms with Gasteiger partial charge in [0.05, 0.1) is 19.0 Å². The smallest absolute Gasteiger partial charge is 0.262 e. The molecule has 1 N–H and O–H groups in total. The molecule has 1 heterocycles. The van der Waals surface area contributed by atoms with Crippen molar-refractivity contribution in [3.05, 3.63) is 42.1 Å². The van der Waals surface area contributed by atoms with E-state index >= 15 is 0 Å². The molecule has 0 aliphatic heterocycles. The van der Waals surface area contributed by atoms with Crippen molar-refractivity contribution in [1.29, 1.82) is 0 Å². The maximum atomic E-state index is 12.0. The van der Waals surface area contributed by atoms with Gasteiger partial charge in [-0.3, -0.25) is 4.79 Å². The Morgan fingerprint density at radius 2 is 2.00 bits per heavy atom. The van der Waals surface area contributed by atoms with Crippen LogP contribution in [0.2, 0.25) is 0 Å². The molecular weight excluding hydrogens is 294 g/mol. The number of methoxy groups -OCH3 is 1. The van der Waals surface area contributed by atoms with E-state index in [2.05, 4.69) is 10.3 Å². The van der Waals surface area contributed by atoms with E-state index in [1.54, 1.807) is 25.4 Å². The van der Waals surface area contributed by atoms with Gasteiger partial charge in [0.1, 0.15) is 5.82 Å². The predicted molar refractivity (Wildman–Crippen MR) is 90.4 cm³/mol. The normalized spacial score (nSPS) is 10.1. The number of anilines is 2. The Morgan fingerprint density at radius 1 is 1.22 bits per heavy atom. The van der Waals surface area contributed by atoms with Gasteiger partial charge >= 0.3 is 0 Å². The number of aromatic nitrogens is 1. The molecule has 0 spiro atoms. The number of aryl methyl sites for hydroxylation is 1. The van der Waals surface area contributed by atoms with Gasteiger partial charge in [-0.25, -0.2) is 4.98 Å². The maximum Gasteiger partial charge on any atom is 0.262 e. The molecule has 0 radical (unpaired) electrons. The summed E-state index contributed by atoms with van der Waals surface area (Å²) in [6, 6.07) is 9.18. The van der Waals surface area contributed by atoms with Gasteiger partial charge in [-0.1, -0.05) is 6.07 Å². The highest BCUT2D eigenvalue weighted by atomic mass is 16.5. The fraction of sp³-hybridized carbons (Fsp3) is 0.294. The van der Waals surface area contributed by atoms with Gasteiger partial charge in [0.25, 0.3) is 5.91 Å². The lowest BCUT2D eigenvalue weighted by Gasteiger charge is -2.13. The number of ether oxygens (including phenoxy) is 2. The van der Waals surface area contributed by atoms with E-state index in [0.29, 0.717) is 17.2 Å². The molecule has 0 bridgehead atoms. The number of rotatable bonds is 6. The van der Waals surface area contributed by atoms with Crippen molar-refractivity contribution in [2.75, 3.05) is 38.0 Å². The van der Waals surface area contributed by atoms with Gasteiger partial charge < -0.3 is 19.7 Å². The first-order valence-corrected chi connectivity index (χ1v) is 7.20. The average molecular weight is 315 g/mol. The number of benzene rings is 1. The number of amides is 1. The fourth-order valence-corrected chi connectivity index (χ4v) is 1.96. The summed E-state index contributed by atoms with van der Waals surface area (Å²) in [5.74, 6) is 1.71. The third-order valence-corrected chi connectivity index (χ3v) is 3.17. The van der Waals surface area contributed by atoms with E-state index < -0.39 is 0 Å². The SMILES string of the molecule is COc1cc(C)ccc1OCC(=O)Nc1ccc(N(C)C)nc1. The summed E-state index contributed by atoms with van der Waals surface area (Å²) < 4.78 is 10.8. The van der Waals surface area contributed by atoms with Crippen LogP contribution < -0.4 is 19.7 Å². The van der Waals surface area contributed by atoms with Crippen LogP contribution in [0.4, 0.5) is 11.5 Å². The second-order valence-electron chi connectivity index (χ2n) is 5.29. The number of hydrogen-bond donors (Lipinski definition) is 1. The fourth-order valence-electron chi connectivity index (χ4n) is 1.96. The van der Waals surface area contributed by atoms with E-state index in [1.165, 1.54) is 0 Å². The standard InChI is InChI=1S/C17H21N3O3/c1-12-5-7-14(15(9-12)22-4)23-11-17(21)19-13-6-8-16(18-10-13)20(2)3/h5-10H,11H2,1-4H3,(H,19,21). The van der Waals surface area contributed by atoms with Crippen molar-refractivity contribution in [2.45, 2.75) is 6.92 Å². The Labute approximate surface area is 136 Å². The Bertz CT molecular complexity index is 669. The molecule has 0 aliphatic carbocycles. The number of hydrogen-bond acceptors (Lipinski definition) is 5. The number of pyridine rings is 1.